The molecule has 1 fully saturated rings. The first-order chi connectivity index (χ1) is 10.8. The van der Waals surface area contributed by atoms with Crippen molar-refractivity contribution in [3.8, 4) is 11.5 Å². The number of oxime groups is 1. The van der Waals surface area contributed by atoms with Gasteiger partial charge in [-0.15, -0.1) is 0 Å². The molecule has 0 unspecified atom stereocenters. The van der Waals surface area contributed by atoms with Crippen molar-refractivity contribution in [1.29, 1.82) is 0 Å². The topological polar surface area (TPSA) is 57.5 Å². The second-order valence-electron chi connectivity index (χ2n) is 5.80. The summed E-state index contributed by atoms with van der Waals surface area (Å²) in [6.45, 7) is 6.36. The van der Waals surface area contributed by atoms with Crippen LogP contribution in [0.5, 0.6) is 11.5 Å². The third-order valence-corrected chi connectivity index (χ3v) is 4.26. The molecule has 0 radical (unpaired) electrons. The molecule has 0 bridgehead atoms. The van der Waals surface area contributed by atoms with Gasteiger partial charge in [-0.2, -0.15) is 0 Å². The maximum absolute atomic E-state index is 9.34. The van der Waals surface area contributed by atoms with E-state index in [9.17, 15) is 5.21 Å². The summed E-state index contributed by atoms with van der Waals surface area (Å²) in [4.78, 5) is 4.74. The molecule has 0 spiro atoms. The number of nitrogens with zero attached hydrogens (tertiary/aromatic N) is 3. The second kappa shape index (κ2) is 6.98. The van der Waals surface area contributed by atoms with Crippen LogP contribution in [0.15, 0.2) is 23.4 Å². The first-order valence-electron chi connectivity index (χ1n) is 7.78. The van der Waals surface area contributed by atoms with Gasteiger partial charge in [0.1, 0.15) is 13.2 Å². The van der Waals surface area contributed by atoms with E-state index in [4.69, 9.17) is 9.47 Å². The van der Waals surface area contributed by atoms with Gasteiger partial charge >= 0.3 is 0 Å². The molecule has 120 valence electrons. The number of rotatable bonds is 4. The highest BCUT2D eigenvalue weighted by Crippen LogP contribution is 2.31. The van der Waals surface area contributed by atoms with E-state index in [0.717, 1.165) is 56.2 Å². The van der Waals surface area contributed by atoms with Gasteiger partial charge in [0.05, 0.1) is 5.71 Å². The highest BCUT2D eigenvalue weighted by Gasteiger charge is 2.17. The van der Waals surface area contributed by atoms with E-state index >= 15 is 0 Å². The number of ether oxygens (including phenoxy) is 2. The van der Waals surface area contributed by atoms with E-state index in [1.807, 2.05) is 18.2 Å². The largest absolute Gasteiger partial charge is 0.486 e. The lowest BCUT2D eigenvalue weighted by atomic mass is 10.1. The Hall–Kier alpha value is -1.79. The molecule has 0 aliphatic carbocycles. The summed E-state index contributed by atoms with van der Waals surface area (Å²) in [6, 6.07) is 5.70. The molecule has 1 aromatic carbocycles. The molecule has 0 aromatic heterocycles. The van der Waals surface area contributed by atoms with E-state index < -0.39 is 0 Å². The summed E-state index contributed by atoms with van der Waals surface area (Å²) in [5.74, 6) is 1.48. The Bertz CT molecular complexity index is 539. The van der Waals surface area contributed by atoms with Crippen molar-refractivity contribution in [2.75, 3.05) is 53.0 Å². The molecule has 2 aliphatic rings. The monoisotopic (exact) mass is 305 g/mol. The molecule has 6 heteroatoms. The highest BCUT2D eigenvalue weighted by atomic mass is 16.6. The van der Waals surface area contributed by atoms with Crippen LogP contribution < -0.4 is 9.47 Å². The molecule has 1 aromatic rings. The van der Waals surface area contributed by atoms with Gasteiger partial charge in [0, 0.05) is 44.7 Å². The van der Waals surface area contributed by atoms with Crippen LogP contribution in [0.25, 0.3) is 0 Å². The molecule has 0 saturated carbocycles. The van der Waals surface area contributed by atoms with Crippen molar-refractivity contribution in [3.63, 3.8) is 0 Å². The molecule has 1 saturated heterocycles. The zero-order chi connectivity index (χ0) is 15.4. The maximum atomic E-state index is 9.34. The molecule has 2 heterocycles. The van der Waals surface area contributed by atoms with Crippen LogP contribution in [-0.4, -0.2) is 73.7 Å². The maximum Gasteiger partial charge on any atom is 0.162 e. The van der Waals surface area contributed by atoms with E-state index in [0.29, 0.717) is 18.9 Å². The quantitative estimate of drug-likeness (QED) is 0.516. The van der Waals surface area contributed by atoms with Gasteiger partial charge in [0.25, 0.3) is 0 Å². The summed E-state index contributed by atoms with van der Waals surface area (Å²) in [5.41, 5.74) is 1.58. The zero-order valence-corrected chi connectivity index (χ0v) is 13.0. The molecule has 1 N–H and O–H groups in total. The van der Waals surface area contributed by atoms with Crippen LogP contribution >= 0.6 is 0 Å². The molecular weight excluding hydrogens is 282 g/mol. The van der Waals surface area contributed by atoms with Gasteiger partial charge < -0.3 is 24.5 Å². The van der Waals surface area contributed by atoms with Gasteiger partial charge in [-0.1, -0.05) is 5.16 Å². The van der Waals surface area contributed by atoms with Gasteiger partial charge in [-0.25, -0.2) is 0 Å². The fourth-order valence-electron chi connectivity index (χ4n) is 2.81. The number of piperazine rings is 1. The van der Waals surface area contributed by atoms with E-state index in [1.165, 1.54) is 0 Å². The fraction of sp³-hybridized carbons (Fsp3) is 0.562. The lowest BCUT2D eigenvalue weighted by Gasteiger charge is -2.32. The summed E-state index contributed by atoms with van der Waals surface area (Å²) in [5, 5.41) is 12.8. The van der Waals surface area contributed by atoms with Crippen LogP contribution in [0, 0.1) is 0 Å². The van der Waals surface area contributed by atoms with Crippen LogP contribution in [0.4, 0.5) is 0 Å². The normalized spacial score (nSPS) is 20.1. The highest BCUT2D eigenvalue weighted by molar-refractivity contribution is 6.00. The molecule has 2 aliphatic heterocycles. The van der Waals surface area contributed by atoms with Crippen LogP contribution in [0.2, 0.25) is 0 Å². The average Bonchev–Trinajstić information content (AvgIpc) is 2.57. The number of likely N-dealkylation sites (N-methyl/N-ethyl adjacent to an activating group) is 1. The van der Waals surface area contributed by atoms with Gasteiger partial charge in [-0.05, 0) is 25.2 Å². The van der Waals surface area contributed by atoms with Crippen molar-refractivity contribution in [2.24, 2.45) is 5.16 Å². The van der Waals surface area contributed by atoms with Crippen LogP contribution in [0.3, 0.4) is 0 Å². The molecule has 22 heavy (non-hydrogen) atoms. The minimum atomic E-state index is 0.559. The number of benzene rings is 1. The summed E-state index contributed by atoms with van der Waals surface area (Å²) < 4.78 is 11.1. The number of fused-ring (bicyclic) bond motifs is 1. The predicted octanol–water partition coefficient (Wildman–Crippen LogP) is 1.27. The van der Waals surface area contributed by atoms with Crippen LogP contribution in [0.1, 0.15) is 12.0 Å². The van der Waals surface area contributed by atoms with E-state index in [1.54, 1.807) is 0 Å². The van der Waals surface area contributed by atoms with E-state index in [2.05, 4.69) is 22.0 Å². The SMILES string of the molecule is CN1CCN(CC/C(=N\O)c2ccc3c(c2)OCCO3)CC1. The Morgan fingerprint density at radius 2 is 1.86 bits per heavy atom. The summed E-state index contributed by atoms with van der Waals surface area (Å²) >= 11 is 0. The Balaban J connectivity index is 1.62. The smallest absolute Gasteiger partial charge is 0.162 e. The van der Waals surface area contributed by atoms with Gasteiger partial charge in [0.15, 0.2) is 11.5 Å². The predicted molar refractivity (Wildman–Crippen MR) is 84.3 cm³/mol. The standard InChI is InChI=1S/C16H23N3O3/c1-18-6-8-19(9-7-18)5-4-14(17-20)13-2-3-15-16(12-13)22-11-10-21-15/h2-3,12,20H,4-11H2,1H3/b17-14+. The number of hydrogen-bond acceptors (Lipinski definition) is 6. The lowest BCUT2D eigenvalue weighted by molar-refractivity contribution is 0.157. The first kappa shape index (κ1) is 15.1. The summed E-state index contributed by atoms with van der Waals surface area (Å²) in [6.07, 6.45) is 0.722. The zero-order valence-electron chi connectivity index (χ0n) is 13.0. The Kier molecular flexibility index (Phi) is 4.80. The minimum absolute atomic E-state index is 0.559. The van der Waals surface area contributed by atoms with Gasteiger partial charge in [0.2, 0.25) is 0 Å². The summed E-state index contributed by atoms with van der Waals surface area (Å²) in [7, 11) is 2.15. The number of hydrogen-bond donors (Lipinski definition) is 1. The van der Waals surface area contributed by atoms with Crippen molar-refractivity contribution >= 4 is 5.71 Å². The second-order valence-corrected chi connectivity index (χ2v) is 5.80. The first-order valence-corrected chi connectivity index (χ1v) is 7.78. The third-order valence-electron chi connectivity index (χ3n) is 4.26. The third kappa shape index (κ3) is 3.51. The lowest BCUT2D eigenvalue weighted by Crippen LogP contribution is -2.45. The van der Waals surface area contributed by atoms with Crippen molar-refractivity contribution in [2.45, 2.75) is 6.42 Å². The van der Waals surface area contributed by atoms with Crippen LogP contribution in [-0.2, 0) is 0 Å². The Morgan fingerprint density at radius 3 is 2.59 bits per heavy atom. The molecule has 3 rings (SSSR count). The molecule has 0 atom stereocenters. The molecule has 0 amide bonds. The van der Waals surface area contributed by atoms with Crippen molar-refractivity contribution in [3.05, 3.63) is 23.8 Å². The minimum Gasteiger partial charge on any atom is -0.486 e. The Labute approximate surface area is 130 Å². The van der Waals surface area contributed by atoms with E-state index in [-0.39, 0.29) is 0 Å². The molecule has 6 nitrogen and oxygen atoms in total. The Morgan fingerprint density at radius 1 is 1.14 bits per heavy atom. The van der Waals surface area contributed by atoms with Gasteiger partial charge in [-0.3, -0.25) is 0 Å². The average molecular weight is 305 g/mol. The van der Waals surface area contributed by atoms with Crippen molar-refractivity contribution in [1.82, 2.24) is 9.80 Å². The van der Waals surface area contributed by atoms with Crippen molar-refractivity contribution < 1.29 is 14.7 Å². The fourth-order valence-corrected chi connectivity index (χ4v) is 2.81. The molecular formula is C16H23N3O3.